The molecule has 1 saturated heterocycles. The number of nitrogens with one attached hydrogen (secondary N) is 1. The van der Waals surface area contributed by atoms with Crippen LogP contribution in [0.4, 0.5) is 4.79 Å². The molecule has 0 bridgehead atoms. The molecule has 2 fully saturated rings. The van der Waals surface area contributed by atoms with Crippen molar-refractivity contribution in [3.8, 4) is 11.5 Å². The van der Waals surface area contributed by atoms with Gasteiger partial charge >= 0.3 is 6.03 Å². The van der Waals surface area contributed by atoms with Crippen molar-refractivity contribution in [1.82, 2.24) is 10.2 Å². The van der Waals surface area contributed by atoms with Crippen LogP contribution < -0.4 is 14.8 Å². The monoisotopic (exact) mass is 394 g/mol. The van der Waals surface area contributed by atoms with Crippen LogP contribution in [0, 0.1) is 5.92 Å². The predicted molar refractivity (Wildman–Crippen MR) is 89.7 cm³/mol. The first-order chi connectivity index (χ1) is 11.5. The topological polar surface area (TPSA) is 67.9 Å². The van der Waals surface area contributed by atoms with Gasteiger partial charge in [0.2, 0.25) is 6.79 Å². The Morgan fingerprint density at radius 3 is 2.79 bits per heavy atom. The lowest BCUT2D eigenvalue weighted by molar-refractivity contribution is -0.134. The second-order valence-electron chi connectivity index (χ2n) is 6.74. The van der Waals surface area contributed by atoms with Crippen molar-refractivity contribution >= 4 is 27.9 Å². The number of urea groups is 1. The Kier molecular flexibility index (Phi) is 3.71. The molecule has 7 heteroatoms. The first-order valence-electron chi connectivity index (χ1n) is 8.23. The van der Waals surface area contributed by atoms with Crippen LogP contribution in [0.3, 0.4) is 0 Å². The van der Waals surface area contributed by atoms with Gasteiger partial charge in [0.15, 0.2) is 11.5 Å². The third-order valence-corrected chi connectivity index (χ3v) is 6.11. The summed E-state index contributed by atoms with van der Waals surface area (Å²) < 4.78 is 11.5. The number of carbonyl (C=O) groups is 2. The van der Waals surface area contributed by atoms with Crippen LogP contribution in [-0.4, -0.2) is 29.2 Å². The van der Waals surface area contributed by atoms with E-state index in [2.05, 4.69) is 28.2 Å². The number of imide groups is 1. The molecule has 4 rings (SSSR count). The lowest BCUT2D eigenvalue weighted by Gasteiger charge is -2.36. The van der Waals surface area contributed by atoms with Crippen molar-refractivity contribution in [2.45, 2.75) is 44.7 Å². The second kappa shape index (κ2) is 5.65. The first kappa shape index (κ1) is 15.7. The van der Waals surface area contributed by atoms with Gasteiger partial charge in [0.05, 0.1) is 6.54 Å². The second-order valence-corrected chi connectivity index (χ2v) is 7.59. The van der Waals surface area contributed by atoms with E-state index in [0.29, 0.717) is 11.5 Å². The number of halogens is 1. The fourth-order valence-electron chi connectivity index (χ4n) is 3.89. The van der Waals surface area contributed by atoms with E-state index in [0.717, 1.165) is 35.7 Å². The summed E-state index contributed by atoms with van der Waals surface area (Å²) >= 11 is 3.49. The van der Waals surface area contributed by atoms with Crippen LogP contribution in [0.2, 0.25) is 0 Å². The van der Waals surface area contributed by atoms with Crippen LogP contribution in [-0.2, 0) is 11.3 Å². The summed E-state index contributed by atoms with van der Waals surface area (Å²) in [6.45, 7) is 2.46. The predicted octanol–water partition coefficient (Wildman–Crippen LogP) is 3.18. The molecule has 3 amide bonds. The van der Waals surface area contributed by atoms with Crippen molar-refractivity contribution in [2.24, 2.45) is 5.92 Å². The molecular weight excluding hydrogens is 376 g/mol. The van der Waals surface area contributed by atoms with E-state index in [1.807, 2.05) is 12.1 Å². The molecular formula is C17H19BrN2O4. The highest BCUT2D eigenvalue weighted by Crippen LogP contribution is 2.40. The number of hydrogen-bond acceptors (Lipinski definition) is 4. The van der Waals surface area contributed by atoms with Gasteiger partial charge in [-0.25, -0.2) is 4.79 Å². The number of nitrogens with zero attached hydrogens (tertiary/aromatic N) is 1. The minimum atomic E-state index is -0.724. The van der Waals surface area contributed by atoms with Crippen LogP contribution in [0.15, 0.2) is 16.6 Å². The van der Waals surface area contributed by atoms with Crippen molar-refractivity contribution in [1.29, 1.82) is 0 Å². The van der Waals surface area contributed by atoms with Gasteiger partial charge in [0, 0.05) is 4.47 Å². The Bertz CT molecular complexity index is 723. The average Bonchev–Trinajstić information content (AvgIpc) is 3.09. The molecule has 2 unspecified atom stereocenters. The number of amides is 3. The smallest absolute Gasteiger partial charge is 0.325 e. The molecule has 0 aromatic heterocycles. The van der Waals surface area contributed by atoms with Gasteiger partial charge in [-0.05, 0) is 36.5 Å². The fraction of sp³-hybridized carbons (Fsp3) is 0.529. The van der Waals surface area contributed by atoms with Crippen molar-refractivity contribution < 1.29 is 19.1 Å². The van der Waals surface area contributed by atoms with Gasteiger partial charge in [-0.2, -0.15) is 0 Å². The zero-order valence-corrected chi connectivity index (χ0v) is 15.0. The molecule has 1 N–H and O–H groups in total. The third kappa shape index (κ3) is 2.29. The number of carbonyl (C=O) groups excluding carboxylic acids is 2. The van der Waals surface area contributed by atoms with E-state index >= 15 is 0 Å². The molecule has 2 aliphatic heterocycles. The number of rotatable bonds is 2. The number of benzene rings is 1. The van der Waals surface area contributed by atoms with E-state index in [1.54, 1.807) is 0 Å². The highest BCUT2D eigenvalue weighted by molar-refractivity contribution is 9.10. The van der Waals surface area contributed by atoms with Gasteiger partial charge in [0.1, 0.15) is 5.54 Å². The number of fused-ring (bicyclic) bond motifs is 1. The molecule has 3 aliphatic rings. The van der Waals surface area contributed by atoms with E-state index < -0.39 is 5.54 Å². The van der Waals surface area contributed by atoms with Gasteiger partial charge in [-0.15, -0.1) is 0 Å². The van der Waals surface area contributed by atoms with Crippen LogP contribution in [0.25, 0.3) is 0 Å². The molecule has 6 nitrogen and oxygen atoms in total. The summed E-state index contributed by atoms with van der Waals surface area (Å²) in [5.41, 5.74) is 0.0984. The summed E-state index contributed by atoms with van der Waals surface area (Å²) in [4.78, 5) is 26.8. The average molecular weight is 395 g/mol. The summed E-state index contributed by atoms with van der Waals surface area (Å²) in [6.07, 6.45) is 3.77. The third-order valence-electron chi connectivity index (χ3n) is 5.37. The quantitative estimate of drug-likeness (QED) is 0.782. The Hall–Kier alpha value is -1.76. The number of ether oxygens (including phenoxy) is 2. The van der Waals surface area contributed by atoms with E-state index in [1.165, 1.54) is 4.90 Å². The Labute approximate surface area is 148 Å². The molecule has 24 heavy (non-hydrogen) atoms. The van der Waals surface area contributed by atoms with Crippen molar-refractivity contribution in [2.75, 3.05) is 6.79 Å². The standard InChI is InChI=1S/C17H19BrN2O4/c1-10-4-2-3-5-17(10)15(21)20(16(22)19-17)8-11-6-13-14(7-12(11)18)24-9-23-13/h6-7,10H,2-5,8-9H2,1H3,(H,19,22). The van der Waals surface area contributed by atoms with Crippen LogP contribution >= 0.6 is 15.9 Å². The summed E-state index contributed by atoms with van der Waals surface area (Å²) in [7, 11) is 0. The highest BCUT2D eigenvalue weighted by Gasteiger charge is 2.54. The Morgan fingerprint density at radius 1 is 1.29 bits per heavy atom. The normalized spacial score (nSPS) is 28.6. The molecule has 2 atom stereocenters. The van der Waals surface area contributed by atoms with Crippen molar-refractivity contribution in [3.63, 3.8) is 0 Å². The van der Waals surface area contributed by atoms with E-state index in [-0.39, 0.29) is 31.2 Å². The minimum absolute atomic E-state index is 0.107. The SMILES string of the molecule is CC1CCCCC12NC(=O)N(Cc1cc3c(cc1Br)OCO3)C2=O. The van der Waals surface area contributed by atoms with E-state index in [9.17, 15) is 9.59 Å². The molecule has 1 spiro atoms. The molecule has 1 saturated carbocycles. The molecule has 128 valence electrons. The van der Waals surface area contributed by atoms with Gasteiger partial charge in [-0.3, -0.25) is 9.69 Å². The lowest BCUT2D eigenvalue weighted by Crippen LogP contribution is -2.53. The largest absolute Gasteiger partial charge is 0.454 e. The molecule has 1 aromatic rings. The molecule has 2 heterocycles. The minimum Gasteiger partial charge on any atom is -0.454 e. The zero-order valence-electron chi connectivity index (χ0n) is 13.4. The Balaban J connectivity index is 1.61. The van der Waals surface area contributed by atoms with Gasteiger partial charge in [0.25, 0.3) is 5.91 Å². The van der Waals surface area contributed by atoms with Crippen molar-refractivity contribution in [3.05, 3.63) is 22.2 Å². The molecule has 1 aliphatic carbocycles. The van der Waals surface area contributed by atoms with Crippen LogP contribution in [0.5, 0.6) is 11.5 Å². The summed E-state index contributed by atoms with van der Waals surface area (Å²) in [5, 5.41) is 2.98. The molecule has 1 aromatic carbocycles. The molecule has 0 radical (unpaired) electrons. The number of hydrogen-bond donors (Lipinski definition) is 1. The summed E-state index contributed by atoms with van der Waals surface area (Å²) in [6, 6.07) is 3.33. The van der Waals surface area contributed by atoms with Gasteiger partial charge in [-0.1, -0.05) is 35.7 Å². The fourth-order valence-corrected chi connectivity index (χ4v) is 4.34. The van der Waals surface area contributed by atoms with E-state index in [4.69, 9.17) is 9.47 Å². The lowest BCUT2D eigenvalue weighted by atomic mass is 9.73. The Morgan fingerprint density at radius 2 is 2.04 bits per heavy atom. The maximum Gasteiger partial charge on any atom is 0.325 e. The maximum absolute atomic E-state index is 13.0. The van der Waals surface area contributed by atoms with Crippen LogP contribution in [0.1, 0.15) is 38.2 Å². The first-order valence-corrected chi connectivity index (χ1v) is 9.03. The highest BCUT2D eigenvalue weighted by atomic mass is 79.9. The van der Waals surface area contributed by atoms with Gasteiger partial charge < -0.3 is 14.8 Å². The summed E-state index contributed by atoms with van der Waals surface area (Å²) in [5.74, 6) is 1.36. The maximum atomic E-state index is 13.0. The zero-order chi connectivity index (χ0) is 16.9.